The molecule has 0 atom stereocenters. The summed E-state index contributed by atoms with van der Waals surface area (Å²) in [5, 5.41) is 13.0. The van der Waals surface area contributed by atoms with E-state index in [1.165, 1.54) is 11.3 Å². The zero-order valence-corrected chi connectivity index (χ0v) is 17.2. The van der Waals surface area contributed by atoms with E-state index in [0.29, 0.717) is 37.8 Å². The van der Waals surface area contributed by atoms with E-state index in [-0.39, 0.29) is 5.91 Å². The van der Waals surface area contributed by atoms with E-state index in [0.717, 1.165) is 5.56 Å². The third kappa shape index (κ3) is 4.71. The molecule has 30 heavy (non-hydrogen) atoms. The van der Waals surface area contributed by atoms with E-state index in [1.54, 1.807) is 36.4 Å². The van der Waals surface area contributed by atoms with Gasteiger partial charge in [0.15, 0.2) is 10.1 Å². The summed E-state index contributed by atoms with van der Waals surface area (Å²) in [6.45, 7) is 0. The second kappa shape index (κ2) is 8.86. The predicted octanol–water partition coefficient (Wildman–Crippen LogP) is 6.71. The van der Waals surface area contributed by atoms with Crippen molar-refractivity contribution in [2.24, 2.45) is 10.2 Å². The number of azo groups is 1. The maximum atomic E-state index is 12.3. The van der Waals surface area contributed by atoms with Gasteiger partial charge in [0.2, 0.25) is 0 Å². The molecule has 0 bridgehead atoms. The van der Waals surface area contributed by atoms with Crippen LogP contribution in [0.4, 0.5) is 21.5 Å². The number of aromatic nitrogens is 1. The second-order valence-corrected chi connectivity index (χ2v) is 7.73. The summed E-state index contributed by atoms with van der Waals surface area (Å²) in [6.07, 6.45) is 0. The molecule has 0 radical (unpaired) electrons. The molecule has 1 aromatic heterocycles. The molecule has 0 saturated carbocycles. The van der Waals surface area contributed by atoms with E-state index in [9.17, 15) is 4.79 Å². The average molecular weight is 434 g/mol. The summed E-state index contributed by atoms with van der Waals surface area (Å²) in [6, 6.07) is 23.4. The van der Waals surface area contributed by atoms with Crippen LogP contribution in [0.1, 0.15) is 10.4 Å². The van der Waals surface area contributed by atoms with E-state index >= 15 is 0 Å². The van der Waals surface area contributed by atoms with Gasteiger partial charge in [0.25, 0.3) is 5.91 Å². The van der Waals surface area contributed by atoms with Crippen LogP contribution in [0.25, 0.3) is 11.3 Å². The van der Waals surface area contributed by atoms with Gasteiger partial charge >= 0.3 is 0 Å². The number of halogens is 1. The molecule has 0 spiro atoms. The van der Waals surface area contributed by atoms with Gasteiger partial charge in [-0.25, -0.2) is 4.98 Å². The van der Waals surface area contributed by atoms with Gasteiger partial charge in [-0.05, 0) is 48.5 Å². The first kappa shape index (κ1) is 19.8. The van der Waals surface area contributed by atoms with Crippen molar-refractivity contribution in [1.29, 1.82) is 0 Å². The lowest BCUT2D eigenvalue weighted by Crippen LogP contribution is -2.11. The Bertz CT molecular complexity index is 1190. The van der Waals surface area contributed by atoms with Gasteiger partial charge in [0, 0.05) is 21.8 Å². The summed E-state index contributed by atoms with van der Waals surface area (Å²) < 4.78 is 0. The number of nitrogens with one attached hydrogen (secondary N) is 1. The minimum Gasteiger partial charge on any atom is -0.375 e. The summed E-state index contributed by atoms with van der Waals surface area (Å²) in [7, 11) is 0. The third-order valence-corrected chi connectivity index (χ3v) is 5.18. The SMILES string of the molecule is Nc1nc(-c2ccc(NC(=O)c3ccccc3)cc2)c(N=Nc2ccc(Cl)cc2)s1. The number of nitrogens with two attached hydrogens (primary N) is 1. The van der Waals surface area contributed by atoms with Gasteiger partial charge in [0.05, 0.1) is 5.69 Å². The average Bonchev–Trinajstić information content (AvgIpc) is 3.15. The molecule has 8 heteroatoms. The van der Waals surface area contributed by atoms with Gasteiger partial charge in [-0.1, -0.05) is 53.3 Å². The number of carbonyl (C=O) groups excluding carboxylic acids is 1. The fourth-order valence-corrected chi connectivity index (χ4v) is 3.50. The lowest BCUT2D eigenvalue weighted by Gasteiger charge is -2.06. The number of thiazole rings is 1. The standard InChI is InChI=1S/C22H16ClN5OS/c23-16-8-12-18(13-9-16)27-28-21-19(26-22(24)30-21)14-6-10-17(11-7-14)25-20(29)15-4-2-1-3-5-15/h1-13H,(H2,24,26)(H,25,29). The Morgan fingerprint density at radius 3 is 2.33 bits per heavy atom. The first-order valence-corrected chi connectivity index (χ1v) is 10.2. The van der Waals surface area contributed by atoms with E-state index < -0.39 is 0 Å². The number of benzene rings is 3. The molecule has 0 unspecified atom stereocenters. The molecule has 0 aliphatic carbocycles. The molecule has 6 nitrogen and oxygen atoms in total. The summed E-state index contributed by atoms with van der Waals surface area (Å²) in [5.74, 6) is -0.168. The number of anilines is 2. The quantitative estimate of drug-likeness (QED) is 0.342. The maximum Gasteiger partial charge on any atom is 0.255 e. The molecule has 4 rings (SSSR count). The van der Waals surface area contributed by atoms with Gasteiger partial charge in [0.1, 0.15) is 5.69 Å². The lowest BCUT2D eigenvalue weighted by molar-refractivity contribution is 0.102. The maximum absolute atomic E-state index is 12.3. The van der Waals surface area contributed by atoms with E-state index in [1.807, 2.05) is 42.5 Å². The van der Waals surface area contributed by atoms with Crippen LogP contribution < -0.4 is 11.1 Å². The summed E-state index contributed by atoms with van der Waals surface area (Å²) in [5.41, 5.74) is 9.31. The number of nitrogens with zero attached hydrogens (tertiary/aromatic N) is 3. The lowest BCUT2D eigenvalue weighted by atomic mass is 10.1. The number of hydrogen-bond acceptors (Lipinski definition) is 6. The Morgan fingerprint density at radius 1 is 0.933 bits per heavy atom. The Balaban J connectivity index is 1.53. The van der Waals surface area contributed by atoms with Gasteiger partial charge in [-0.15, -0.1) is 10.2 Å². The number of nitrogen functional groups attached to an aromatic ring is 1. The molecule has 3 aromatic carbocycles. The number of carbonyl (C=O) groups is 1. The first-order valence-electron chi connectivity index (χ1n) is 8.99. The Hall–Kier alpha value is -3.55. The van der Waals surface area contributed by atoms with Crippen molar-refractivity contribution in [2.75, 3.05) is 11.1 Å². The Morgan fingerprint density at radius 2 is 1.63 bits per heavy atom. The van der Waals surface area contributed by atoms with Gasteiger partial charge < -0.3 is 11.1 Å². The molecule has 0 saturated heterocycles. The van der Waals surface area contributed by atoms with Gasteiger partial charge in [-0.2, -0.15) is 0 Å². The molecule has 1 amide bonds. The second-order valence-electron chi connectivity index (χ2n) is 6.28. The van der Waals surface area contributed by atoms with Crippen molar-refractivity contribution >= 4 is 50.4 Å². The van der Waals surface area contributed by atoms with Crippen LogP contribution in [0.2, 0.25) is 5.02 Å². The fourth-order valence-electron chi connectivity index (χ4n) is 2.70. The topological polar surface area (TPSA) is 92.7 Å². The highest BCUT2D eigenvalue weighted by Gasteiger charge is 2.12. The Labute approximate surface area is 182 Å². The highest BCUT2D eigenvalue weighted by molar-refractivity contribution is 7.19. The van der Waals surface area contributed by atoms with Crippen molar-refractivity contribution in [3.8, 4) is 11.3 Å². The minimum absolute atomic E-state index is 0.168. The van der Waals surface area contributed by atoms with Crippen molar-refractivity contribution < 1.29 is 4.79 Å². The highest BCUT2D eigenvalue weighted by atomic mass is 35.5. The summed E-state index contributed by atoms with van der Waals surface area (Å²) in [4.78, 5) is 16.7. The molecular weight excluding hydrogens is 418 g/mol. The largest absolute Gasteiger partial charge is 0.375 e. The Kier molecular flexibility index (Phi) is 5.83. The van der Waals surface area contributed by atoms with Crippen molar-refractivity contribution in [3.63, 3.8) is 0 Å². The van der Waals surface area contributed by atoms with E-state index in [2.05, 4.69) is 20.5 Å². The summed E-state index contributed by atoms with van der Waals surface area (Å²) >= 11 is 7.15. The highest BCUT2D eigenvalue weighted by Crippen LogP contribution is 2.38. The van der Waals surface area contributed by atoms with Gasteiger partial charge in [-0.3, -0.25) is 4.79 Å². The van der Waals surface area contributed by atoms with Crippen molar-refractivity contribution in [1.82, 2.24) is 4.98 Å². The van der Waals surface area contributed by atoms with Crippen LogP contribution in [-0.2, 0) is 0 Å². The molecule has 1 heterocycles. The molecule has 0 aliphatic rings. The van der Waals surface area contributed by atoms with Crippen LogP contribution in [0.15, 0.2) is 89.1 Å². The fraction of sp³-hybridized carbons (Fsp3) is 0. The van der Waals surface area contributed by atoms with Crippen molar-refractivity contribution in [2.45, 2.75) is 0 Å². The zero-order chi connectivity index (χ0) is 20.9. The minimum atomic E-state index is -0.168. The van der Waals surface area contributed by atoms with Crippen LogP contribution in [0, 0.1) is 0 Å². The first-order chi connectivity index (χ1) is 14.6. The molecule has 3 N–H and O–H groups in total. The zero-order valence-electron chi connectivity index (χ0n) is 15.6. The molecule has 0 fully saturated rings. The number of hydrogen-bond donors (Lipinski definition) is 2. The molecule has 0 aliphatic heterocycles. The van der Waals surface area contributed by atoms with Crippen LogP contribution in [0.3, 0.4) is 0 Å². The number of rotatable bonds is 5. The van der Waals surface area contributed by atoms with Crippen molar-refractivity contribution in [3.05, 3.63) is 89.4 Å². The van der Waals surface area contributed by atoms with Crippen LogP contribution in [0.5, 0.6) is 0 Å². The van der Waals surface area contributed by atoms with Crippen LogP contribution in [-0.4, -0.2) is 10.9 Å². The smallest absolute Gasteiger partial charge is 0.255 e. The molecule has 4 aromatic rings. The third-order valence-electron chi connectivity index (χ3n) is 4.16. The normalized spacial score (nSPS) is 11.0. The monoisotopic (exact) mass is 433 g/mol. The number of amides is 1. The molecular formula is C22H16ClN5OS. The van der Waals surface area contributed by atoms with Crippen LogP contribution >= 0.6 is 22.9 Å². The molecule has 148 valence electrons. The predicted molar refractivity (Wildman–Crippen MR) is 122 cm³/mol. The van der Waals surface area contributed by atoms with E-state index in [4.69, 9.17) is 17.3 Å².